The summed E-state index contributed by atoms with van der Waals surface area (Å²) in [7, 11) is 0. The molecule has 1 amide bonds. The summed E-state index contributed by atoms with van der Waals surface area (Å²) in [5.41, 5.74) is 0. The molecule has 136 valence electrons. The van der Waals surface area contributed by atoms with Crippen LogP contribution in [0.15, 0.2) is 49.1 Å². The molecule has 1 heterocycles. The molecule has 2 aromatic carbocycles. The molecule has 7 heteroatoms. The fourth-order valence-corrected chi connectivity index (χ4v) is 2.22. The summed E-state index contributed by atoms with van der Waals surface area (Å²) in [5.74, 6) is 0.648. The van der Waals surface area contributed by atoms with Gasteiger partial charge in [0, 0.05) is 6.08 Å². The summed E-state index contributed by atoms with van der Waals surface area (Å²) in [6.45, 7) is 4.79. The van der Waals surface area contributed by atoms with E-state index in [9.17, 15) is 9.59 Å². The van der Waals surface area contributed by atoms with Crippen molar-refractivity contribution in [2.24, 2.45) is 0 Å². The van der Waals surface area contributed by atoms with Crippen LogP contribution in [0.5, 0.6) is 11.5 Å². The SMILES string of the molecule is C=CC(=O)OCCNC(=O)Oc1ccc2cc(OCC3CO3)ccc2c1. The molecule has 0 aliphatic carbocycles. The van der Waals surface area contributed by atoms with Crippen molar-refractivity contribution in [2.75, 3.05) is 26.4 Å². The van der Waals surface area contributed by atoms with E-state index in [-0.39, 0.29) is 19.3 Å². The summed E-state index contributed by atoms with van der Waals surface area (Å²) in [4.78, 5) is 22.6. The number of carbonyl (C=O) groups excluding carboxylic acids is 2. The van der Waals surface area contributed by atoms with Gasteiger partial charge in [-0.3, -0.25) is 0 Å². The predicted octanol–water partition coefficient (Wildman–Crippen LogP) is 2.44. The predicted molar refractivity (Wildman–Crippen MR) is 94.4 cm³/mol. The third-order valence-corrected chi connectivity index (χ3v) is 3.61. The average molecular weight is 357 g/mol. The standard InChI is InChI=1S/C19H19NO6/c1-2-18(21)23-8-7-20-19(22)26-16-6-4-13-9-15(5-3-14(13)10-16)24-11-17-12-25-17/h2-6,9-10,17H,1,7-8,11-12H2,(H,20,22). The molecular formula is C19H19NO6. The first-order valence-electron chi connectivity index (χ1n) is 8.17. The lowest BCUT2D eigenvalue weighted by atomic mass is 10.1. The van der Waals surface area contributed by atoms with Crippen LogP contribution in [0.4, 0.5) is 4.79 Å². The van der Waals surface area contributed by atoms with Crippen LogP contribution in [0, 0.1) is 0 Å². The first-order valence-corrected chi connectivity index (χ1v) is 8.17. The summed E-state index contributed by atoms with van der Waals surface area (Å²) in [6, 6.07) is 11.0. The Morgan fingerprint density at radius 2 is 1.88 bits per heavy atom. The molecular weight excluding hydrogens is 338 g/mol. The van der Waals surface area contributed by atoms with E-state index < -0.39 is 12.1 Å². The largest absolute Gasteiger partial charge is 0.491 e. The van der Waals surface area contributed by atoms with Gasteiger partial charge in [-0.05, 0) is 35.0 Å². The number of benzene rings is 2. The van der Waals surface area contributed by atoms with E-state index in [1.807, 2.05) is 24.3 Å². The maximum Gasteiger partial charge on any atom is 0.412 e. The van der Waals surface area contributed by atoms with Crippen LogP contribution in [0.2, 0.25) is 0 Å². The molecule has 1 atom stereocenters. The summed E-state index contributed by atoms with van der Waals surface area (Å²) in [6.07, 6.45) is 0.646. The highest BCUT2D eigenvalue weighted by molar-refractivity contribution is 5.86. The Morgan fingerprint density at radius 1 is 1.19 bits per heavy atom. The van der Waals surface area contributed by atoms with Crippen LogP contribution in [0.1, 0.15) is 0 Å². The van der Waals surface area contributed by atoms with Crippen molar-refractivity contribution in [1.29, 1.82) is 0 Å². The highest BCUT2D eigenvalue weighted by Crippen LogP contribution is 2.25. The lowest BCUT2D eigenvalue weighted by Crippen LogP contribution is -2.30. The second-order valence-corrected chi connectivity index (χ2v) is 5.63. The molecule has 1 unspecified atom stereocenters. The third kappa shape index (κ3) is 5.22. The fourth-order valence-electron chi connectivity index (χ4n) is 2.22. The number of epoxide rings is 1. The molecule has 0 aromatic heterocycles. The van der Waals surface area contributed by atoms with E-state index in [0.717, 1.165) is 29.2 Å². The molecule has 1 saturated heterocycles. The molecule has 0 spiro atoms. The minimum Gasteiger partial charge on any atom is -0.491 e. The lowest BCUT2D eigenvalue weighted by Gasteiger charge is -2.09. The van der Waals surface area contributed by atoms with Crippen LogP contribution >= 0.6 is 0 Å². The minimum atomic E-state index is -0.622. The summed E-state index contributed by atoms with van der Waals surface area (Å²) in [5, 5.41) is 4.39. The fraction of sp³-hybridized carbons (Fsp3) is 0.263. The number of rotatable bonds is 8. The normalized spacial score (nSPS) is 15.2. The van der Waals surface area contributed by atoms with Crippen LogP contribution in [-0.4, -0.2) is 44.5 Å². The molecule has 1 aliphatic heterocycles. The maximum atomic E-state index is 11.7. The first-order chi connectivity index (χ1) is 12.6. The second-order valence-electron chi connectivity index (χ2n) is 5.63. The Balaban J connectivity index is 1.51. The number of fused-ring (bicyclic) bond motifs is 1. The highest BCUT2D eigenvalue weighted by atomic mass is 16.6. The van der Waals surface area contributed by atoms with Crippen molar-refractivity contribution in [3.8, 4) is 11.5 Å². The van der Waals surface area contributed by atoms with Crippen molar-refractivity contribution in [3.63, 3.8) is 0 Å². The van der Waals surface area contributed by atoms with Gasteiger partial charge in [0.25, 0.3) is 0 Å². The van der Waals surface area contributed by atoms with Crippen molar-refractivity contribution in [3.05, 3.63) is 49.1 Å². The van der Waals surface area contributed by atoms with Gasteiger partial charge in [-0.2, -0.15) is 0 Å². The third-order valence-electron chi connectivity index (χ3n) is 3.61. The van der Waals surface area contributed by atoms with Crippen molar-refractivity contribution >= 4 is 22.8 Å². The van der Waals surface area contributed by atoms with Gasteiger partial charge in [-0.15, -0.1) is 0 Å². The quantitative estimate of drug-likeness (QED) is 0.338. The van der Waals surface area contributed by atoms with Crippen LogP contribution < -0.4 is 14.8 Å². The van der Waals surface area contributed by atoms with Crippen molar-refractivity contribution in [2.45, 2.75) is 6.10 Å². The Labute approximate surface area is 150 Å². The zero-order valence-corrected chi connectivity index (χ0v) is 14.1. The monoisotopic (exact) mass is 357 g/mol. The number of carbonyl (C=O) groups is 2. The van der Waals surface area contributed by atoms with Crippen LogP contribution in [0.3, 0.4) is 0 Å². The molecule has 1 fully saturated rings. The minimum absolute atomic E-state index is 0.0480. The second kappa shape index (κ2) is 8.35. The smallest absolute Gasteiger partial charge is 0.412 e. The van der Waals surface area contributed by atoms with Gasteiger partial charge in [0.05, 0.1) is 13.2 Å². The highest BCUT2D eigenvalue weighted by Gasteiger charge is 2.23. The van der Waals surface area contributed by atoms with Gasteiger partial charge in [-0.1, -0.05) is 18.7 Å². The van der Waals surface area contributed by atoms with E-state index in [0.29, 0.717) is 12.4 Å². The van der Waals surface area contributed by atoms with Gasteiger partial charge >= 0.3 is 12.1 Å². The van der Waals surface area contributed by atoms with E-state index in [4.69, 9.17) is 18.9 Å². The van der Waals surface area contributed by atoms with Gasteiger partial charge in [0.15, 0.2) is 0 Å². The Morgan fingerprint density at radius 3 is 2.58 bits per heavy atom. The molecule has 2 aromatic rings. The van der Waals surface area contributed by atoms with E-state index in [1.165, 1.54) is 0 Å². The molecule has 0 radical (unpaired) electrons. The molecule has 1 aliphatic rings. The molecule has 26 heavy (non-hydrogen) atoms. The van der Waals surface area contributed by atoms with Crippen LogP contribution in [0.25, 0.3) is 10.8 Å². The Kier molecular flexibility index (Phi) is 5.70. The number of hydrogen-bond donors (Lipinski definition) is 1. The number of hydrogen-bond acceptors (Lipinski definition) is 6. The van der Waals surface area contributed by atoms with Crippen LogP contribution in [-0.2, 0) is 14.3 Å². The van der Waals surface area contributed by atoms with Crippen molar-refractivity contribution in [1.82, 2.24) is 5.32 Å². The molecule has 3 rings (SSSR count). The summed E-state index contributed by atoms with van der Waals surface area (Å²) < 4.78 is 20.7. The molecule has 0 bridgehead atoms. The lowest BCUT2D eigenvalue weighted by molar-refractivity contribution is -0.137. The first kappa shape index (κ1) is 17.8. The Bertz CT molecular complexity index is 815. The number of esters is 1. The molecule has 0 saturated carbocycles. The number of nitrogens with one attached hydrogen (secondary N) is 1. The van der Waals surface area contributed by atoms with E-state index >= 15 is 0 Å². The van der Waals surface area contributed by atoms with E-state index in [1.54, 1.807) is 12.1 Å². The van der Waals surface area contributed by atoms with Gasteiger partial charge in [0.1, 0.15) is 30.8 Å². The van der Waals surface area contributed by atoms with E-state index in [2.05, 4.69) is 11.9 Å². The maximum absolute atomic E-state index is 11.7. The zero-order valence-electron chi connectivity index (χ0n) is 14.1. The zero-order chi connectivity index (χ0) is 18.4. The van der Waals surface area contributed by atoms with Gasteiger partial charge in [0.2, 0.25) is 0 Å². The topological polar surface area (TPSA) is 86.4 Å². The molecule has 1 N–H and O–H groups in total. The number of amides is 1. The molecule has 7 nitrogen and oxygen atoms in total. The number of ether oxygens (including phenoxy) is 4. The van der Waals surface area contributed by atoms with Gasteiger partial charge < -0.3 is 24.3 Å². The summed E-state index contributed by atoms with van der Waals surface area (Å²) >= 11 is 0. The van der Waals surface area contributed by atoms with Crippen molar-refractivity contribution < 1.29 is 28.5 Å². The van der Waals surface area contributed by atoms with Gasteiger partial charge in [-0.25, -0.2) is 9.59 Å². The Hall–Kier alpha value is -3.06. The average Bonchev–Trinajstić information content (AvgIpc) is 3.47.